The van der Waals surface area contributed by atoms with Gasteiger partial charge in [0.15, 0.2) is 5.17 Å². The first kappa shape index (κ1) is 27.5. The van der Waals surface area contributed by atoms with E-state index >= 15 is 0 Å². The van der Waals surface area contributed by atoms with Crippen LogP contribution in [-0.2, 0) is 25.2 Å². The molecule has 1 atom stereocenters. The number of rotatable bonds is 9. The molecule has 0 fully saturated rings. The zero-order valence-electron chi connectivity index (χ0n) is 20.7. The Bertz CT molecular complexity index is 1270. The molecule has 0 radical (unpaired) electrons. The summed E-state index contributed by atoms with van der Waals surface area (Å²) in [6.45, 7) is 2.44. The van der Waals surface area contributed by atoms with E-state index in [0.29, 0.717) is 40.8 Å². The predicted octanol–water partition coefficient (Wildman–Crippen LogP) is 5.13. The van der Waals surface area contributed by atoms with Crippen LogP contribution in [0.5, 0.6) is 0 Å². The summed E-state index contributed by atoms with van der Waals surface area (Å²) in [5.41, 5.74) is 1.38. The topological polar surface area (TPSA) is 80.2 Å². The van der Waals surface area contributed by atoms with Crippen molar-refractivity contribution in [3.8, 4) is 0 Å². The Morgan fingerprint density at radius 1 is 1.11 bits per heavy atom. The highest BCUT2D eigenvalue weighted by Crippen LogP contribution is 2.47. The molecule has 2 aliphatic rings. The molecule has 7 nitrogen and oxygen atoms in total. The van der Waals surface area contributed by atoms with Crippen LogP contribution in [0.1, 0.15) is 36.1 Å². The molecule has 0 saturated carbocycles. The molecule has 0 spiro atoms. The van der Waals surface area contributed by atoms with E-state index in [0.717, 1.165) is 12.1 Å². The van der Waals surface area contributed by atoms with Gasteiger partial charge in [0.2, 0.25) is 5.91 Å². The molecular weight excluding hydrogens is 519 g/mol. The van der Waals surface area contributed by atoms with Gasteiger partial charge in [-0.2, -0.15) is 13.2 Å². The third-order valence-corrected chi connectivity index (χ3v) is 6.77. The summed E-state index contributed by atoms with van der Waals surface area (Å²) in [6, 6.07) is 12.8. The molecule has 2 heterocycles. The summed E-state index contributed by atoms with van der Waals surface area (Å²) in [5, 5.41) is 5.03. The highest BCUT2D eigenvalue weighted by Gasteiger charge is 2.42. The van der Waals surface area contributed by atoms with Gasteiger partial charge in [-0.3, -0.25) is 4.79 Å². The lowest BCUT2D eigenvalue weighted by atomic mass is 9.91. The van der Waals surface area contributed by atoms with E-state index in [9.17, 15) is 22.8 Å². The van der Waals surface area contributed by atoms with Gasteiger partial charge in [-0.05, 0) is 30.0 Å². The Hall–Kier alpha value is -3.57. The fourth-order valence-corrected chi connectivity index (χ4v) is 5.10. The van der Waals surface area contributed by atoms with Crippen LogP contribution in [-0.4, -0.2) is 48.8 Å². The molecule has 2 aromatic carbocycles. The van der Waals surface area contributed by atoms with Crippen LogP contribution in [0.15, 0.2) is 76.3 Å². The summed E-state index contributed by atoms with van der Waals surface area (Å²) >= 11 is 1.28. The number of amides is 1. The fraction of sp³-hybridized carbons (Fsp3) is 0.296. The Labute approximate surface area is 222 Å². The molecule has 0 saturated heterocycles. The highest BCUT2D eigenvalue weighted by atomic mass is 32.2. The summed E-state index contributed by atoms with van der Waals surface area (Å²) in [7, 11) is 1.53. The molecule has 200 valence electrons. The van der Waals surface area contributed by atoms with Crippen LogP contribution in [0, 0.1) is 0 Å². The molecule has 0 unspecified atom stereocenters. The fourth-order valence-electron chi connectivity index (χ4n) is 4.18. The van der Waals surface area contributed by atoms with Crippen molar-refractivity contribution in [2.75, 3.05) is 26.9 Å². The van der Waals surface area contributed by atoms with Crippen molar-refractivity contribution in [3.05, 3.63) is 88.0 Å². The number of nitrogens with zero attached hydrogens (tertiary/aromatic N) is 2. The lowest BCUT2D eigenvalue weighted by molar-refractivity contribution is -0.139. The Morgan fingerprint density at radius 2 is 1.82 bits per heavy atom. The number of esters is 1. The van der Waals surface area contributed by atoms with E-state index in [1.165, 1.54) is 31.0 Å². The predicted molar refractivity (Wildman–Crippen MR) is 139 cm³/mol. The van der Waals surface area contributed by atoms with E-state index in [1.807, 2.05) is 6.07 Å². The van der Waals surface area contributed by atoms with Gasteiger partial charge in [-0.25, -0.2) is 9.79 Å². The quantitative estimate of drug-likeness (QED) is 0.348. The first-order chi connectivity index (χ1) is 18.2. The highest BCUT2D eigenvalue weighted by molar-refractivity contribution is 8.16. The SMILES string of the molecule is CCOC(=O)C1=C(c2ccccc2)N=C2SC=C(CC(=O)NCCOC)N2[C@H]1c1ccc(C(F)(F)F)cc1. The minimum absolute atomic E-state index is 0.0242. The van der Waals surface area contributed by atoms with E-state index in [4.69, 9.17) is 14.5 Å². The molecule has 38 heavy (non-hydrogen) atoms. The summed E-state index contributed by atoms with van der Waals surface area (Å²) in [4.78, 5) is 32.5. The van der Waals surface area contributed by atoms with E-state index in [2.05, 4.69) is 5.32 Å². The standard InChI is InChI=1S/C27H26F3N3O4S/c1-3-37-25(35)22-23(17-7-5-4-6-8-17)32-26-33(20(16-38-26)15-21(34)31-13-14-36-2)24(22)18-9-11-19(12-10-18)27(28,29)30/h4-12,16,24H,3,13-15H2,1-2H3,(H,31,34)/t24-/m0/s1. The molecule has 2 aromatic rings. The van der Waals surface area contributed by atoms with Crippen LogP contribution in [0.25, 0.3) is 5.70 Å². The molecule has 4 rings (SSSR count). The minimum atomic E-state index is -4.51. The van der Waals surface area contributed by atoms with Crippen LogP contribution in [0.2, 0.25) is 0 Å². The van der Waals surface area contributed by atoms with Crippen LogP contribution in [0.4, 0.5) is 13.2 Å². The second-order valence-electron chi connectivity index (χ2n) is 8.38. The summed E-state index contributed by atoms with van der Waals surface area (Å²) in [5.74, 6) is -0.906. The van der Waals surface area contributed by atoms with Crippen molar-refractivity contribution in [2.45, 2.75) is 25.6 Å². The number of carbonyl (C=O) groups excluding carboxylic acids is 2. The zero-order valence-corrected chi connectivity index (χ0v) is 21.6. The number of fused-ring (bicyclic) bond motifs is 1. The number of carbonyl (C=O) groups is 2. The molecule has 1 amide bonds. The van der Waals surface area contributed by atoms with Gasteiger partial charge in [0.1, 0.15) is 0 Å². The number of amidine groups is 1. The van der Waals surface area contributed by atoms with Gasteiger partial charge in [-0.15, -0.1) is 0 Å². The van der Waals surface area contributed by atoms with E-state index < -0.39 is 23.8 Å². The lowest BCUT2D eigenvalue weighted by Gasteiger charge is -2.37. The second-order valence-corrected chi connectivity index (χ2v) is 9.22. The minimum Gasteiger partial charge on any atom is -0.463 e. The Kier molecular flexibility index (Phi) is 8.58. The Morgan fingerprint density at radius 3 is 2.45 bits per heavy atom. The summed E-state index contributed by atoms with van der Waals surface area (Å²) in [6.07, 6.45) is -4.54. The van der Waals surface area contributed by atoms with E-state index in [-0.39, 0.29) is 24.5 Å². The van der Waals surface area contributed by atoms with Crippen LogP contribution in [0.3, 0.4) is 0 Å². The van der Waals surface area contributed by atoms with Crippen molar-refractivity contribution >= 4 is 34.5 Å². The Balaban J connectivity index is 1.82. The second kappa shape index (κ2) is 11.9. The molecule has 0 bridgehead atoms. The smallest absolute Gasteiger partial charge is 0.416 e. The van der Waals surface area contributed by atoms with Gasteiger partial charge >= 0.3 is 12.1 Å². The molecule has 0 aliphatic carbocycles. The maximum absolute atomic E-state index is 13.4. The van der Waals surface area contributed by atoms with Crippen molar-refractivity contribution in [2.24, 2.45) is 4.99 Å². The number of ether oxygens (including phenoxy) is 2. The number of methoxy groups -OCH3 is 1. The molecule has 0 aromatic heterocycles. The average molecular weight is 546 g/mol. The van der Waals surface area contributed by atoms with Crippen molar-refractivity contribution < 1.29 is 32.2 Å². The van der Waals surface area contributed by atoms with Crippen molar-refractivity contribution in [1.29, 1.82) is 0 Å². The van der Waals surface area contributed by atoms with Crippen molar-refractivity contribution in [3.63, 3.8) is 0 Å². The number of thioether (sulfide) groups is 1. The zero-order chi connectivity index (χ0) is 27.3. The molecule has 11 heteroatoms. The number of hydrogen-bond acceptors (Lipinski definition) is 7. The third-order valence-electron chi connectivity index (χ3n) is 5.88. The third kappa shape index (κ3) is 5.94. The maximum atomic E-state index is 13.4. The normalized spacial score (nSPS) is 17.1. The average Bonchev–Trinajstić information content (AvgIpc) is 3.30. The lowest BCUT2D eigenvalue weighted by Crippen LogP contribution is -2.38. The number of nitrogens with one attached hydrogen (secondary N) is 1. The first-order valence-corrected chi connectivity index (χ1v) is 12.8. The van der Waals surface area contributed by atoms with Gasteiger partial charge in [0, 0.05) is 24.9 Å². The number of aliphatic imine (C=N–C) groups is 1. The van der Waals surface area contributed by atoms with Crippen molar-refractivity contribution in [1.82, 2.24) is 10.2 Å². The molecule has 2 aliphatic heterocycles. The number of alkyl halides is 3. The number of benzene rings is 2. The maximum Gasteiger partial charge on any atom is 0.416 e. The summed E-state index contributed by atoms with van der Waals surface area (Å²) < 4.78 is 50.3. The molecule has 1 N–H and O–H groups in total. The molecular formula is C27H26F3N3O4S. The van der Waals surface area contributed by atoms with Gasteiger partial charge in [0.25, 0.3) is 0 Å². The van der Waals surface area contributed by atoms with Gasteiger partial charge < -0.3 is 19.7 Å². The van der Waals surface area contributed by atoms with Crippen LogP contribution < -0.4 is 5.32 Å². The first-order valence-electron chi connectivity index (χ1n) is 11.9. The number of hydrogen-bond donors (Lipinski definition) is 1. The number of halogens is 3. The van der Waals surface area contributed by atoms with Gasteiger partial charge in [-0.1, -0.05) is 54.2 Å². The van der Waals surface area contributed by atoms with Crippen LogP contribution >= 0.6 is 11.8 Å². The van der Waals surface area contributed by atoms with Gasteiger partial charge in [0.05, 0.1) is 42.5 Å². The largest absolute Gasteiger partial charge is 0.463 e. The monoisotopic (exact) mass is 545 g/mol. The van der Waals surface area contributed by atoms with E-state index in [1.54, 1.807) is 41.5 Å².